The van der Waals surface area contributed by atoms with Gasteiger partial charge < -0.3 is 10.1 Å². The maximum absolute atomic E-state index is 13.2. The SMILES string of the molecule is COc1ccc(NC(=O)c2cc(-c3cccc(C)c3)nc3ccccc23)c([N+](=O)[O-])c1. The average Bonchev–Trinajstić information content (AvgIpc) is 2.78. The summed E-state index contributed by atoms with van der Waals surface area (Å²) in [5.41, 5.74) is 3.50. The van der Waals surface area contributed by atoms with Gasteiger partial charge in [0.15, 0.2) is 0 Å². The standard InChI is InChI=1S/C24H19N3O4/c1-15-6-5-7-16(12-15)22-14-19(18-8-3-4-9-20(18)25-22)24(28)26-21-11-10-17(31-2)13-23(21)27(29)30/h3-14H,1-2H3,(H,26,28). The fraction of sp³-hybridized carbons (Fsp3) is 0.0833. The van der Waals surface area contributed by atoms with Crippen LogP contribution in [0.25, 0.3) is 22.2 Å². The Bertz CT molecular complexity index is 1320. The molecule has 0 unspecified atom stereocenters. The number of benzene rings is 3. The molecule has 0 radical (unpaired) electrons. The van der Waals surface area contributed by atoms with Gasteiger partial charge in [-0.15, -0.1) is 0 Å². The zero-order valence-corrected chi connectivity index (χ0v) is 17.0. The molecule has 1 N–H and O–H groups in total. The molecule has 4 aromatic rings. The Balaban J connectivity index is 1.80. The van der Waals surface area contributed by atoms with Crippen molar-refractivity contribution in [1.82, 2.24) is 4.98 Å². The molecule has 0 atom stereocenters. The molecule has 7 heteroatoms. The van der Waals surface area contributed by atoms with Gasteiger partial charge in [0, 0.05) is 10.9 Å². The molecule has 1 amide bonds. The number of methoxy groups -OCH3 is 1. The number of fused-ring (bicyclic) bond motifs is 1. The predicted octanol–water partition coefficient (Wildman–Crippen LogP) is 5.38. The van der Waals surface area contributed by atoms with Crippen LogP contribution in [0.5, 0.6) is 5.75 Å². The number of ether oxygens (including phenoxy) is 1. The minimum atomic E-state index is -0.555. The normalized spacial score (nSPS) is 10.6. The Morgan fingerprint density at radius 3 is 2.58 bits per heavy atom. The number of aromatic nitrogens is 1. The van der Waals surface area contributed by atoms with Crippen LogP contribution in [0.1, 0.15) is 15.9 Å². The molecule has 0 saturated carbocycles. The minimum absolute atomic E-state index is 0.0915. The molecule has 31 heavy (non-hydrogen) atoms. The quantitative estimate of drug-likeness (QED) is 0.350. The van der Waals surface area contributed by atoms with E-state index in [0.29, 0.717) is 27.9 Å². The van der Waals surface area contributed by atoms with Gasteiger partial charge in [0.2, 0.25) is 0 Å². The van der Waals surface area contributed by atoms with Crippen LogP contribution in [0.3, 0.4) is 0 Å². The van der Waals surface area contributed by atoms with Gasteiger partial charge in [0.25, 0.3) is 11.6 Å². The molecule has 0 fully saturated rings. The molecule has 0 spiro atoms. The number of carbonyl (C=O) groups excluding carboxylic acids is 1. The fourth-order valence-corrected chi connectivity index (χ4v) is 3.40. The highest BCUT2D eigenvalue weighted by Crippen LogP contribution is 2.31. The highest BCUT2D eigenvalue weighted by molar-refractivity contribution is 6.13. The molecule has 0 aliphatic carbocycles. The number of nitrogens with one attached hydrogen (secondary N) is 1. The summed E-state index contributed by atoms with van der Waals surface area (Å²) in [6.45, 7) is 1.99. The van der Waals surface area contributed by atoms with Crippen molar-refractivity contribution in [2.75, 3.05) is 12.4 Å². The number of hydrogen-bond donors (Lipinski definition) is 1. The molecule has 0 bridgehead atoms. The Morgan fingerprint density at radius 1 is 1.03 bits per heavy atom. The maximum Gasteiger partial charge on any atom is 0.296 e. The fourth-order valence-electron chi connectivity index (χ4n) is 3.40. The van der Waals surface area contributed by atoms with E-state index in [-0.39, 0.29) is 11.4 Å². The highest BCUT2D eigenvalue weighted by atomic mass is 16.6. The summed E-state index contributed by atoms with van der Waals surface area (Å²) in [5, 5.41) is 14.8. The second kappa shape index (κ2) is 8.23. The summed E-state index contributed by atoms with van der Waals surface area (Å²) >= 11 is 0. The van der Waals surface area contributed by atoms with Crippen LogP contribution in [-0.2, 0) is 0 Å². The summed E-state index contributed by atoms with van der Waals surface area (Å²) in [6, 6.07) is 21.2. The molecule has 0 aliphatic heterocycles. The molecule has 0 aliphatic rings. The van der Waals surface area contributed by atoms with Gasteiger partial charge in [-0.2, -0.15) is 0 Å². The van der Waals surface area contributed by atoms with Gasteiger partial charge in [0.1, 0.15) is 11.4 Å². The number of pyridine rings is 1. The van der Waals surface area contributed by atoms with E-state index in [2.05, 4.69) is 5.32 Å². The lowest BCUT2D eigenvalue weighted by atomic mass is 10.0. The van der Waals surface area contributed by atoms with Gasteiger partial charge >= 0.3 is 0 Å². The Labute approximate surface area is 178 Å². The van der Waals surface area contributed by atoms with Crippen molar-refractivity contribution in [1.29, 1.82) is 0 Å². The van der Waals surface area contributed by atoms with Crippen molar-refractivity contribution in [2.45, 2.75) is 6.92 Å². The van der Waals surface area contributed by atoms with E-state index in [0.717, 1.165) is 11.1 Å². The molecule has 1 heterocycles. The number of nitro benzene ring substituents is 1. The number of para-hydroxylation sites is 1. The number of aryl methyl sites for hydroxylation is 1. The van der Waals surface area contributed by atoms with Crippen LogP contribution in [-0.4, -0.2) is 22.9 Å². The Morgan fingerprint density at radius 2 is 1.84 bits per heavy atom. The number of hydrogen-bond acceptors (Lipinski definition) is 5. The summed E-state index contributed by atoms with van der Waals surface area (Å²) in [5.74, 6) is -0.124. The average molecular weight is 413 g/mol. The van der Waals surface area contributed by atoms with E-state index < -0.39 is 10.8 Å². The third-order valence-corrected chi connectivity index (χ3v) is 4.92. The van der Waals surface area contributed by atoms with E-state index in [1.807, 2.05) is 49.4 Å². The van der Waals surface area contributed by atoms with Gasteiger partial charge in [-0.05, 0) is 37.3 Å². The summed E-state index contributed by atoms with van der Waals surface area (Å²) in [4.78, 5) is 28.8. The van der Waals surface area contributed by atoms with E-state index in [4.69, 9.17) is 9.72 Å². The zero-order valence-electron chi connectivity index (χ0n) is 17.0. The van der Waals surface area contributed by atoms with Crippen molar-refractivity contribution in [3.8, 4) is 17.0 Å². The number of rotatable bonds is 5. The third-order valence-electron chi connectivity index (χ3n) is 4.92. The molecule has 154 valence electrons. The first kappa shape index (κ1) is 20.0. The number of nitro groups is 1. The molecule has 7 nitrogen and oxygen atoms in total. The van der Waals surface area contributed by atoms with Gasteiger partial charge in [-0.25, -0.2) is 4.98 Å². The van der Waals surface area contributed by atoms with Crippen LogP contribution < -0.4 is 10.1 Å². The highest BCUT2D eigenvalue weighted by Gasteiger charge is 2.20. The monoisotopic (exact) mass is 413 g/mol. The Hall–Kier alpha value is -4.26. The number of amides is 1. The molecular weight excluding hydrogens is 394 g/mol. The zero-order chi connectivity index (χ0) is 22.0. The van der Waals surface area contributed by atoms with Crippen molar-refractivity contribution in [3.63, 3.8) is 0 Å². The van der Waals surface area contributed by atoms with Crippen molar-refractivity contribution in [2.24, 2.45) is 0 Å². The Kier molecular flexibility index (Phi) is 5.32. The van der Waals surface area contributed by atoms with Gasteiger partial charge in [-0.1, -0.05) is 42.0 Å². The maximum atomic E-state index is 13.2. The minimum Gasteiger partial charge on any atom is -0.496 e. The van der Waals surface area contributed by atoms with E-state index >= 15 is 0 Å². The number of nitrogens with zero attached hydrogens (tertiary/aromatic N) is 2. The molecule has 3 aromatic carbocycles. The van der Waals surface area contributed by atoms with Crippen LogP contribution in [0, 0.1) is 17.0 Å². The van der Waals surface area contributed by atoms with Crippen LogP contribution in [0.2, 0.25) is 0 Å². The topological polar surface area (TPSA) is 94.4 Å². The molecule has 4 rings (SSSR count). The number of carbonyl (C=O) groups is 1. The number of anilines is 1. The summed E-state index contributed by atoms with van der Waals surface area (Å²) < 4.78 is 5.06. The van der Waals surface area contributed by atoms with Crippen molar-refractivity contribution in [3.05, 3.63) is 94.0 Å². The van der Waals surface area contributed by atoms with Crippen molar-refractivity contribution >= 4 is 28.2 Å². The summed E-state index contributed by atoms with van der Waals surface area (Å²) in [7, 11) is 1.42. The van der Waals surface area contributed by atoms with Crippen LogP contribution in [0.4, 0.5) is 11.4 Å². The van der Waals surface area contributed by atoms with E-state index in [1.54, 1.807) is 18.2 Å². The van der Waals surface area contributed by atoms with Crippen molar-refractivity contribution < 1.29 is 14.5 Å². The summed E-state index contributed by atoms with van der Waals surface area (Å²) in [6.07, 6.45) is 0. The lowest BCUT2D eigenvalue weighted by Crippen LogP contribution is -2.14. The first-order valence-corrected chi connectivity index (χ1v) is 9.57. The van der Waals surface area contributed by atoms with E-state index in [1.165, 1.54) is 19.2 Å². The molecular formula is C24H19N3O4. The smallest absolute Gasteiger partial charge is 0.296 e. The predicted molar refractivity (Wildman–Crippen MR) is 120 cm³/mol. The molecule has 0 saturated heterocycles. The first-order chi connectivity index (χ1) is 15.0. The van der Waals surface area contributed by atoms with Gasteiger partial charge in [0.05, 0.1) is 34.9 Å². The van der Waals surface area contributed by atoms with Crippen LogP contribution in [0.15, 0.2) is 72.8 Å². The lowest BCUT2D eigenvalue weighted by Gasteiger charge is -2.12. The van der Waals surface area contributed by atoms with E-state index in [9.17, 15) is 14.9 Å². The molecule has 1 aromatic heterocycles. The largest absolute Gasteiger partial charge is 0.496 e. The second-order valence-corrected chi connectivity index (χ2v) is 7.04. The third kappa shape index (κ3) is 4.06. The van der Waals surface area contributed by atoms with Crippen LogP contribution >= 0.6 is 0 Å². The second-order valence-electron chi connectivity index (χ2n) is 7.04. The van der Waals surface area contributed by atoms with Gasteiger partial charge in [-0.3, -0.25) is 14.9 Å². The first-order valence-electron chi connectivity index (χ1n) is 9.57. The lowest BCUT2D eigenvalue weighted by molar-refractivity contribution is -0.384.